The highest BCUT2D eigenvalue weighted by Crippen LogP contribution is 2.46. The molecule has 3 aromatic rings. The molecule has 1 amide bonds. The lowest BCUT2D eigenvalue weighted by molar-refractivity contribution is -0.122. The number of allylic oxidation sites excluding steroid dienone is 1. The van der Waals surface area contributed by atoms with Crippen molar-refractivity contribution in [3.8, 4) is 11.4 Å². The maximum atomic E-state index is 13.2. The van der Waals surface area contributed by atoms with Crippen LogP contribution in [0.3, 0.4) is 0 Å². The summed E-state index contributed by atoms with van der Waals surface area (Å²) in [6.07, 6.45) is 6.87. The van der Waals surface area contributed by atoms with Crippen LogP contribution in [0.15, 0.2) is 47.1 Å². The third-order valence-electron chi connectivity index (χ3n) is 5.68. The molecule has 2 aliphatic carbocycles. The zero-order valence-electron chi connectivity index (χ0n) is 14.7. The van der Waals surface area contributed by atoms with E-state index in [1.54, 1.807) is 18.3 Å². The van der Waals surface area contributed by atoms with Crippen LogP contribution >= 0.6 is 15.9 Å². The molecule has 4 unspecified atom stereocenters. The monoisotopic (exact) mass is 441 g/mol. The summed E-state index contributed by atoms with van der Waals surface area (Å²) in [4.78, 5) is 24.3. The Morgan fingerprint density at radius 1 is 1.25 bits per heavy atom. The van der Waals surface area contributed by atoms with Gasteiger partial charge in [-0.25, -0.2) is 14.4 Å². The average Bonchev–Trinajstić information content (AvgIpc) is 3.38. The Kier molecular flexibility index (Phi) is 3.97. The molecule has 28 heavy (non-hydrogen) atoms. The predicted molar refractivity (Wildman–Crippen MR) is 108 cm³/mol. The Bertz CT molecular complexity index is 1110. The van der Waals surface area contributed by atoms with Gasteiger partial charge in [0.1, 0.15) is 17.2 Å². The van der Waals surface area contributed by atoms with Crippen LogP contribution in [-0.2, 0) is 4.79 Å². The molecule has 0 aliphatic heterocycles. The van der Waals surface area contributed by atoms with Crippen molar-refractivity contribution >= 4 is 38.7 Å². The van der Waals surface area contributed by atoms with Gasteiger partial charge >= 0.3 is 0 Å². The molecule has 0 saturated heterocycles. The summed E-state index contributed by atoms with van der Waals surface area (Å²) in [5.41, 5.74) is 8.48. The fraction of sp³-hybridized carbons (Fsp3) is 0.250. The second-order valence-corrected chi connectivity index (χ2v) is 8.17. The number of nitrogens with zero attached hydrogens (tertiary/aromatic N) is 2. The van der Waals surface area contributed by atoms with Gasteiger partial charge in [0.15, 0.2) is 5.65 Å². The third kappa shape index (κ3) is 2.71. The first-order chi connectivity index (χ1) is 13.5. The van der Waals surface area contributed by atoms with Crippen LogP contribution in [0.4, 0.5) is 10.1 Å². The number of nitrogens with two attached hydrogens (primary N) is 1. The van der Waals surface area contributed by atoms with E-state index in [9.17, 15) is 9.18 Å². The molecule has 2 aromatic heterocycles. The minimum absolute atomic E-state index is 0.0830. The summed E-state index contributed by atoms with van der Waals surface area (Å²) in [6, 6.07) is 6.03. The van der Waals surface area contributed by atoms with Gasteiger partial charge in [-0.2, -0.15) is 0 Å². The van der Waals surface area contributed by atoms with Crippen LogP contribution in [0.25, 0.3) is 22.6 Å². The lowest BCUT2D eigenvalue weighted by Gasteiger charge is -2.28. The Morgan fingerprint density at radius 2 is 2.00 bits per heavy atom. The number of rotatable bonds is 4. The maximum Gasteiger partial charge on any atom is 0.223 e. The van der Waals surface area contributed by atoms with Gasteiger partial charge in [0.25, 0.3) is 0 Å². The summed E-state index contributed by atoms with van der Waals surface area (Å²) in [5.74, 6) is 0.205. The number of nitrogens with one attached hydrogen (secondary N) is 2. The SMILES string of the molecule is NC(=O)C1C2C=CC(C2)C1Nc1c(Br)cnc2[nH]c(-c3ccc(F)cc3)nc12. The molecule has 6 nitrogen and oxygen atoms in total. The van der Waals surface area contributed by atoms with E-state index >= 15 is 0 Å². The quantitative estimate of drug-likeness (QED) is 0.538. The molecule has 0 spiro atoms. The molecule has 2 aliphatic rings. The van der Waals surface area contributed by atoms with Crippen molar-refractivity contribution in [2.75, 3.05) is 5.32 Å². The van der Waals surface area contributed by atoms with Gasteiger partial charge in [0.05, 0.1) is 16.1 Å². The Labute approximate surface area is 168 Å². The van der Waals surface area contributed by atoms with E-state index in [-0.39, 0.29) is 35.5 Å². The number of aromatic nitrogens is 3. The van der Waals surface area contributed by atoms with Crippen molar-refractivity contribution < 1.29 is 9.18 Å². The molecule has 4 N–H and O–H groups in total. The molecule has 1 fully saturated rings. The van der Waals surface area contributed by atoms with E-state index in [1.165, 1.54) is 12.1 Å². The van der Waals surface area contributed by atoms with Crippen molar-refractivity contribution in [2.24, 2.45) is 23.5 Å². The predicted octanol–water partition coefficient (Wildman–Crippen LogP) is 3.61. The first-order valence-electron chi connectivity index (χ1n) is 9.05. The van der Waals surface area contributed by atoms with Crippen molar-refractivity contribution in [2.45, 2.75) is 12.5 Å². The van der Waals surface area contributed by atoms with Crippen molar-refractivity contribution in [1.29, 1.82) is 0 Å². The number of fused-ring (bicyclic) bond motifs is 3. The van der Waals surface area contributed by atoms with Crippen molar-refractivity contribution in [3.63, 3.8) is 0 Å². The van der Waals surface area contributed by atoms with Crippen molar-refractivity contribution in [3.05, 3.63) is 52.9 Å². The van der Waals surface area contributed by atoms with E-state index in [4.69, 9.17) is 5.73 Å². The smallest absolute Gasteiger partial charge is 0.223 e. The molecule has 142 valence electrons. The van der Waals surface area contributed by atoms with Crippen LogP contribution in [0.1, 0.15) is 6.42 Å². The van der Waals surface area contributed by atoms with Gasteiger partial charge in [-0.3, -0.25) is 4.79 Å². The van der Waals surface area contributed by atoms with Crippen LogP contribution in [0.5, 0.6) is 0 Å². The molecule has 8 heteroatoms. The number of hydrogen-bond acceptors (Lipinski definition) is 4. The van der Waals surface area contributed by atoms with Crippen LogP contribution in [-0.4, -0.2) is 26.9 Å². The summed E-state index contributed by atoms with van der Waals surface area (Å²) >= 11 is 3.55. The number of H-pyrrole nitrogens is 1. The molecule has 1 aromatic carbocycles. The zero-order valence-corrected chi connectivity index (χ0v) is 16.3. The minimum atomic E-state index is -0.301. The second-order valence-electron chi connectivity index (χ2n) is 7.32. The van der Waals surface area contributed by atoms with Crippen LogP contribution in [0.2, 0.25) is 0 Å². The van der Waals surface area contributed by atoms with Crippen LogP contribution in [0, 0.1) is 23.6 Å². The lowest BCUT2D eigenvalue weighted by atomic mass is 9.88. The van der Waals surface area contributed by atoms with Gasteiger partial charge in [0, 0.05) is 17.8 Å². The van der Waals surface area contributed by atoms with Gasteiger partial charge in [-0.05, 0) is 58.5 Å². The maximum absolute atomic E-state index is 13.2. The zero-order chi connectivity index (χ0) is 19.4. The minimum Gasteiger partial charge on any atom is -0.378 e. The number of carbonyl (C=O) groups excluding carboxylic acids is 1. The van der Waals surface area contributed by atoms with E-state index in [0.717, 1.165) is 22.1 Å². The number of halogens is 2. The summed E-state index contributed by atoms with van der Waals surface area (Å²) in [7, 11) is 0. The highest BCUT2D eigenvalue weighted by Gasteiger charge is 2.47. The molecular formula is C20H17BrFN5O. The average molecular weight is 442 g/mol. The van der Waals surface area contributed by atoms with E-state index in [1.807, 2.05) is 0 Å². The first kappa shape index (κ1) is 17.4. The Morgan fingerprint density at radius 3 is 2.75 bits per heavy atom. The second kappa shape index (κ2) is 6.41. The first-order valence-corrected chi connectivity index (χ1v) is 9.85. The van der Waals surface area contributed by atoms with E-state index in [2.05, 4.69) is 48.4 Å². The number of benzene rings is 1. The highest BCUT2D eigenvalue weighted by molar-refractivity contribution is 9.10. The summed E-state index contributed by atoms with van der Waals surface area (Å²) in [5, 5.41) is 3.51. The van der Waals surface area contributed by atoms with Crippen molar-refractivity contribution in [1.82, 2.24) is 15.0 Å². The number of primary amides is 1. The number of hydrogen-bond donors (Lipinski definition) is 3. The standard InChI is InChI=1S/C20H17BrFN5O/c21-13-8-24-20-17(26-19(27-20)9-3-5-12(22)6-4-9)16(13)25-15-11-2-1-10(7-11)14(15)18(23)28/h1-6,8,10-11,14-15H,7H2,(H2,23,28)(H2,24,25,26,27). The molecule has 4 atom stereocenters. The molecular weight excluding hydrogens is 425 g/mol. The van der Waals surface area contributed by atoms with Gasteiger partial charge in [-0.1, -0.05) is 12.2 Å². The van der Waals surface area contributed by atoms with E-state index < -0.39 is 0 Å². The normalized spacial score (nSPS) is 25.5. The fourth-order valence-corrected chi connectivity index (χ4v) is 4.79. The molecule has 0 radical (unpaired) electrons. The molecule has 1 saturated carbocycles. The topological polar surface area (TPSA) is 96.7 Å². The number of pyridine rings is 1. The summed E-state index contributed by atoms with van der Waals surface area (Å²) in [6.45, 7) is 0. The largest absolute Gasteiger partial charge is 0.378 e. The third-order valence-corrected chi connectivity index (χ3v) is 6.29. The Hall–Kier alpha value is -2.74. The van der Waals surface area contributed by atoms with Gasteiger partial charge in [-0.15, -0.1) is 0 Å². The fourth-order valence-electron chi connectivity index (χ4n) is 4.39. The molecule has 2 bridgehead atoms. The Balaban J connectivity index is 1.56. The number of carbonyl (C=O) groups is 1. The number of imidazole rings is 1. The number of anilines is 1. The van der Waals surface area contributed by atoms with Crippen LogP contribution < -0.4 is 11.1 Å². The molecule has 5 rings (SSSR count). The molecule has 2 heterocycles. The van der Waals surface area contributed by atoms with Gasteiger partial charge in [0.2, 0.25) is 5.91 Å². The van der Waals surface area contributed by atoms with E-state index in [0.29, 0.717) is 17.0 Å². The lowest BCUT2D eigenvalue weighted by Crippen LogP contribution is -2.41. The number of aromatic amines is 1. The number of amides is 1. The summed E-state index contributed by atoms with van der Waals surface area (Å²) < 4.78 is 14.0. The highest BCUT2D eigenvalue weighted by atomic mass is 79.9. The van der Waals surface area contributed by atoms with Gasteiger partial charge < -0.3 is 16.0 Å².